The standard InChI is InChI=1S/C16H21N3OS/c1-3-19(2)15(13-7-5-4-6-8-13)16(20)17-10-9-14-11-21-12-18-14/h4-8,11-12,15H,3,9-10H2,1-2H3,(H,17,20)/t15-/m1/s1. The molecular formula is C16H21N3OS. The van der Waals surface area contributed by atoms with Gasteiger partial charge in [-0.25, -0.2) is 4.98 Å². The van der Waals surface area contributed by atoms with Crippen LogP contribution in [0.25, 0.3) is 0 Å². The molecule has 4 nitrogen and oxygen atoms in total. The Hall–Kier alpha value is -1.72. The van der Waals surface area contributed by atoms with Crippen molar-refractivity contribution in [3.63, 3.8) is 0 Å². The van der Waals surface area contributed by atoms with Gasteiger partial charge in [-0.1, -0.05) is 37.3 Å². The van der Waals surface area contributed by atoms with Gasteiger partial charge in [0, 0.05) is 18.3 Å². The lowest BCUT2D eigenvalue weighted by molar-refractivity contribution is -0.126. The molecule has 0 aliphatic heterocycles. The highest BCUT2D eigenvalue weighted by Gasteiger charge is 2.23. The van der Waals surface area contributed by atoms with Gasteiger partial charge < -0.3 is 5.32 Å². The van der Waals surface area contributed by atoms with E-state index < -0.39 is 0 Å². The highest BCUT2D eigenvalue weighted by Crippen LogP contribution is 2.19. The number of nitrogens with one attached hydrogen (secondary N) is 1. The number of carbonyl (C=O) groups is 1. The zero-order valence-corrected chi connectivity index (χ0v) is 13.3. The summed E-state index contributed by atoms with van der Waals surface area (Å²) in [7, 11) is 1.97. The van der Waals surface area contributed by atoms with Crippen molar-refractivity contribution in [3.05, 3.63) is 52.5 Å². The van der Waals surface area contributed by atoms with Gasteiger partial charge in [0.1, 0.15) is 6.04 Å². The topological polar surface area (TPSA) is 45.2 Å². The van der Waals surface area contributed by atoms with Crippen LogP contribution in [0.15, 0.2) is 41.2 Å². The summed E-state index contributed by atoms with van der Waals surface area (Å²) in [4.78, 5) is 18.8. The van der Waals surface area contributed by atoms with E-state index in [0.29, 0.717) is 6.54 Å². The van der Waals surface area contributed by atoms with Crippen molar-refractivity contribution in [2.45, 2.75) is 19.4 Å². The van der Waals surface area contributed by atoms with E-state index in [1.807, 2.05) is 53.2 Å². The molecule has 0 saturated heterocycles. The van der Waals surface area contributed by atoms with Crippen molar-refractivity contribution < 1.29 is 4.79 Å². The summed E-state index contributed by atoms with van der Waals surface area (Å²) in [5.74, 6) is 0.0424. The lowest BCUT2D eigenvalue weighted by Crippen LogP contribution is -2.39. The Morgan fingerprint density at radius 2 is 2.14 bits per heavy atom. The molecule has 0 aliphatic rings. The molecule has 0 spiro atoms. The summed E-state index contributed by atoms with van der Waals surface area (Å²) in [5.41, 5.74) is 3.86. The molecule has 0 unspecified atom stereocenters. The second kappa shape index (κ2) is 7.90. The minimum atomic E-state index is -0.244. The van der Waals surface area contributed by atoms with Crippen LogP contribution in [0.1, 0.15) is 24.2 Å². The second-order valence-corrected chi connectivity index (χ2v) is 5.63. The Morgan fingerprint density at radius 1 is 1.38 bits per heavy atom. The number of thiazole rings is 1. The van der Waals surface area contributed by atoms with Gasteiger partial charge in [0.05, 0.1) is 11.2 Å². The van der Waals surface area contributed by atoms with Crippen LogP contribution < -0.4 is 5.32 Å². The number of amides is 1. The molecule has 1 atom stereocenters. The third kappa shape index (κ3) is 4.37. The molecule has 2 rings (SSSR count). The molecule has 5 heteroatoms. The van der Waals surface area contributed by atoms with Gasteiger partial charge in [0.25, 0.3) is 0 Å². The van der Waals surface area contributed by atoms with E-state index in [4.69, 9.17) is 0 Å². The predicted molar refractivity (Wildman–Crippen MR) is 86.3 cm³/mol. The van der Waals surface area contributed by atoms with Crippen LogP contribution in [-0.2, 0) is 11.2 Å². The van der Waals surface area contributed by atoms with Crippen LogP contribution in [0.2, 0.25) is 0 Å². The second-order valence-electron chi connectivity index (χ2n) is 4.91. The molecule has 0 aliphatic carbocycles. The van der Waals surface area contributed by atoms with E-state index in [9.17, 15) is 4.79 Å². The molecule has 1 N–H and O–H groups in total. The van der Waals surface area contributed by atoms with Crippen LogP contribution in [0.5, 0.6) is 0 Å². The number of hydrogen-bond acceptors (Lipinski definition) is 4. The fraction of sp³-hybridized carbons (Fsp3) is 0.375. The van der Waals surface area contributed by atoms with Crippen molar-refractivity contribution >= 4 is 17.2 Å². The van der Waals surface area contributed by atoms with Gasteiger partial charge in [-0.3, -0.25) is 9.69 Å². The Bertz CT molecular complexity index is 542. The number of benzene rings is 1. The van der Waals surface area contributed by atoms with Gasteiger partial charge >= 0.3 is 0 Å². The van der Waals surface area contributed by atoms with E-state index >= 15 is 0 Å². The monoisotopic (exact) mass is 303 g/mol. The summed E-state index contributed by atoms with van der Waals surface area (Å²) in [5, 5.41) is 5.03. The zero-order valence-electron chi connectivity index (χ0n) is 12.5. The molecule has 0 bridgehead atoms. The molecule has 1 aromatic heterocycles. The van der Waals surface area contributed by atoms with Gasteiger partial charge in [-0.2, -0.15) is 0 Å². The van der Waals surface area contributed by atoms with Crippen molar-refractivity contribution in [2.24, 2.45) is 0 Å². The number of aromatic nitrogens is 1. The number of carbonyl (C=O) groups excluding carboxylic acids is 1. The van der Waals surface area contributed by atoms with E-state index in [1.54, 1.807) is 11.3 Å². The molecule has 1 heterocycles. The summed E-state index contributed by atoms with van der Waals surface area (Å²) in [6.45, 7) is 3.49. The van der Waals surface area contributed by atoms with Crippen molar-refractivity contribution in [1.29, 1.82) is 0 Å². The molecule has 1 aromatic carbocycles. The van der Waals surface area contributed by atoms with Crippen LogP contribution >= 0.6 is 11.3 Å². The molecule has 2 aromatic rings. The Balaban J connectivity index is 1.98. The van der Waals surface area contributed by atoms with E-state index in [1.165, 1.54) is 0 Å². The molecule has 1 amide bonds. The summed E-state index contributed by atoms with van der Waals surface area (Å²) in [6.07, 6.45) is 0.770. The van der Waals surface area contributed by atoms with Crippen LogP contribution in [0, 0.1) is 0 Å². The number of likely N-dealkylation sites (N-methyl/N-ethyl adjacent to an activating group) is 1. The predicted octanol–water partition coefficient (Wildman–Crippen LogP) is 2.49. The molecule has 0 fully saturated rings. The molecule has 21 heavy (non-hydrogen) atoms. The first-order valence-corrected chi connectivity index (χ1v) is 8.06. The molecule has 0 saturated carbocycles. The summed E-state index contributed by atoms with van der Waals surface area (Å²) >= 11 is 1.58. The van der Waals surface area contributed by atoms with E-state index in [-0.39, 0.29) is 11.9 Å². The maximum atomic E-state index is 12.5. The van der Waals surface area contributed by atoms with Gasteiger partial charge in [0.2, 0.25) is 5.91 Å². The summed E-state index contributed by atoms with van der Waals surface area (Å²) < 4.78 is 0. The van der Waals surface area contributed by atoms with Crippen molar-refractivity contribution in [1.82, 2.24) is 15.2 Å². The Kier molecular flexibility index (Phi) is 5.90. The number of rotatable bonds is 7. The largest absolute Gasteiger partial charge is 0.354 e. The maximum absolute atomic E-state index is 12.5. The lowest BCUT2D eigenvalue weighted by Gasteiger charge is -2.26. The first-order valence-electron chi connectivity index (χ1n) is 7.12. The maximum Gasteiger partial charge on any atom is 0.241 e. The first kappa shape index (κ1) is 15.7. The number of hydrogen-bond donors (Lipinski definition) is 1. The van der Waals surface area contributed by atoms with Gasteiger partial charge in [-0.05, 0) is 19.2 Å². The third-order valence-corrected chi connectivity index (χ3v) is 4.10. The van der Waals surface area contributed by atoms with Gasteiger partial charge in [0.15, 0.2) is 0 Å². The average Bonchev–Trinajstić information content (AvgIpc) is 3.01. The van der Waals surface area contributed by atoms with Crippen LogP contribution in [-0.4, -0.2) is 35.9 Å². The Morgan fingerprint density at radius 3 is 2.76 bits per heavy atom. The smallest absolute Gasteiger partial charge is 0.241 e. The highest BCUT2D eigenvalue weighted by molar-refractivity contribution is 7.07. The van der Waals surface area contributed by atoms with Crippen molar-refractivity contribution in [3.8, 4) is 0 Å². The van der Waals surface area contributed by atoms with Gasteiger partial charge in [-0.15, -0.1) is 11.3 Å². The van der Waals surface area contributed by atoms with Crippen LogP contribution in [0.3, 0.4) is 0 Å². The fourth-order valence-electron chi connectivity index (χ4n) is 2.20. The minimum absolute atomic E-state index is 0.0424. The zero-order chi connectivity index (χ0) is 15.1. The molecule has 0 radical (unpaired) electrons. The normalized spacial score (nSPS) is 12.3. The third-order valence-electron chi connectivity index (χ3n) is 3.47. The lowest BCUT2D eigenvalue weighted by atomic mass is 10.0. The molecular weight excluding hydrogens is 282 g/mol. The van der Waals surface area contributed by atoms with Crippen molar-refractivity contribution in [2.75, 3.05) is 20.1 Å². The minimum Gasteiger partial charge on any atom is -0.354 e. The SMILES string of the molecule is CCN(C)[C@@H](C(=O)NCCc1cscn1)c1ccccc1. The average molecular weight is 303 g/mol. The van der Waals surface area contributed by atoms with Crippen LogP contribution in [0.4, 0.5) is 0 Å². The summed E-state index contributed by atoms with van der Waals surface area (Å²) in [6, 6.07) is 9.65. The van der Waals surface area contributed by atoms with E-state index in [0.717, 1.165) is 24.2 Å². The highest BCUT2D eigenvalue weighted by atomic mass is 32.1. The molecule has 112 valence electrons. The van der Waals surface area contributed by atoms with E-state index in [2.05, 4.69) is 17.2 Å². The quantitative estimate of drug-likeness (QED) is 0.855. The first-order chi connectivity index (χ1) is 10.2. The fourth-order valence-corrected chi connectivity index (χ4v) is 2.79. The number of nitrogens with zero attached hydrogens (tertiary/aromatic N) is 2. The Labute approximate surface area is 129 Å².